The average Bonchev–Trinajstić information content (AvgIpc) is 2.35. The van der Waals surface area contributed by atoms with Gasteiger partial charge in [-0.3, -0.25) is 0 Å². The molecule has 0 radical (unpaired) electrons. The van der Waals surface area contributed by atoms with Crippen molar-refractivity contribution in [2.75, 3.05) is 7.11 Å². The first kappa shape index (κ1) is 17.3. The van der Waals surface area contributed by atoms with Crippen molar-refractivity contribution in [3.05, 3.63) is 23.8 Å². The van der Waals surface area contributed by atoms with E-state index in [1.807, 2.05) is 6.92 Å². The number of oxime groups is 1. The molecule has 1 rings (SSSR count). The van der Waals surface area contributed by atoms with Gasteiger partial charge in [0.1, 0.15) is 5.71 Å². The van der Waals surface area contributed by atoms with Crippen LogP contribution in [0.2, 0.25) is 0 Å². The highest BCUT2D eigenvalue weighted by atomic mass is 35.6. The maximum Gasteiger partial charge on any atom is 0.349 e. The number of methoxy groups -OCH3 is 1. The Morgan fingerprint density at radius 3 is 2.50 bits per heavy atom. The van der Waals surface area contributed by atoms with E-state index in [2.05, 4.69) is 9.89 Å². The molecule has 0 aromatic carbocycles. The number of hydrogen-bond acceptors (Lipinski definition) is 4. The molecule has 0 aromatic heterocycles. The quantitative estimate of drug-likeness (QED) is 0.446. The molecular weight excluding hydrogens is 325 g/mol. The number of nitrogens with zero attached hydrogens (tertiary/aromatic N) is 1. The molecule has 0 aliphatic heterocycles. The Balaban J connectivity index is 2.86. The van der Waals surface area contributed by atoms with E-state index in [1.54, 1.807) is 32.1 Å². The number of alkyl halides is 3. The number of esters is 1. The predicted molar refractivity (Wildman–Crippen MR) is 81.3 cm³/mol. The molecule has 0 saturated heterocycles. The fraction of sp³-hybridized carbons (Fsp3) is 0.538. The molecule has 4 nitrogen and oxygen atoms in total. The minimum Gasteiger partial charge on any atom is -0.466 e. The number of carbonyl (C=O) groups excluding carboxylic acids is 1. The molecule has 7 heteroatoms. The zero-order valence-electron chi connectivity index (χ0n) is 11.6. The Bertz CT molecular complexity index is 480. The van der Waals surface area contributed by atoms with Crippen LogP contribution in [0, 0.1) is 5.41 Å². The highest BCUT2D eigenvalue weighted by Crippen LogP contribution is 2.48. The van der Waals surface area contributed by atoms with Gasteiger partial charge in [-0.2, -0.15) is 0 Å². The fourth-order valence-corrected chi connectivity index (χ4v) is 1.93. The van der Waals surface area contributed by atoms with Gasteiger partial charge in [0, 0.05) is 0 Å². The van der Waals surface area contributed by atoms with Crippen LogP contribution >= 0.6 is 34.8 Å². The van der Waals surface area contributed by atoms with Gasteiger partial charge < -0.3 is 9.57 Å². The van der Waals surface area contributed by atoms with Gasteiger partial charge >= 0.3 is 5.97 Å². The lowest BCUT2D eigenvalue weighted by Gasteiger charge is -2.33. The van der Waals surface area contributed by atoms with E-state index in [4.69, 9.17) is 39.6 Å². The number of carbonyl (C=O) groups is 1. The molecule has 0 heterocycles. The maximum atomic E-state index is 11.2. The standard InChI is InChI=1S/C13H16Cl3NO3/c1-8-7-12(3,13(14,15)16)6-5-10(8)17-20-9(2)11(18)19-4/h5-7,9H,1-4H3. The van der Waals surface area contributed by atoms with Gasteiger partial charge in [0.25, 0.3) is 0 Å². The predicted octanol–water partition coefficient (Wildman–Crippen LogP) is 3.81. The second-order valence-corrected chi connectivity index (χ2v) is 6.97. The first-order chi connectivity index (χ1) is 9.10. The number of halogens is 3. The second kappa shape index (κ2) is 6.37. The third-order valence-electron chi connectivity index (χ3n) is 2.96. The van der Waals surface area contributed by atoms with Gasteiger partial charge in [0.05, 0.1) is 12.5 Å². The number of hydrogen-bond donors (Lipinski definition) is 0. The van der Waals surface area contributed by atoms with Crippen molar-refractivity contribution in [2.24, 2.45) is 10.6 Å². The molecule has 1 aliphatic carbocycles. The summed E-state index contributed by atoms with van der Waals surface area (Å²) in [5.41, 5.74) is 0.625. The summed E-state index contributed by atoms with van der Waals surface area (Å²) in [5.74, 6) is -0.498. The highest BCUT2D eigenvalue weighted by Gasteiger charge is 2.42. The molecule has 112 valence electrons. The van der Waals surface area contributed by atoms with E-state index in [9.17, 15) is 4.79 Å². The van der Waals surface area contributed by atoms with Crippen molar-refractivity contribution in [1.29, 1.82) is 0 Å². The van der Waals surface area contributed by atoms with Gasteiger partial charge in [-0.05, 0) is 32.4 Å². The summed E-state index contributed by atoms with van der Waals surface area (Å²) in [7, 11) is 1.29. The van der Waals surface area contributed by atoms with Crippen molar-refractivity contribution in [2.45, 2.75) is 30.7 Å². The molecule has 2 atom stereocenters. The van der Waals surface area contributed by atoms with Crippen LogP contribution in [-0.4, -0.2) is 28.7 Å². The van der Waals surface area contributed by atoms with Gasteiger partial charge in [0.15, 0.2) is 0 Å². The Morgan fingerprint density at radius 2 is 2.05 bits per heavy atom. The number of ether oxygens (including phenoxy) is 1. The van der Waals surface area contributed by atoms with Crippen molar-refractivity contribution in [1.82, 2.24) is 0 Å². The van der Waals surface area contributed by atoms with Crippen LogP contribution in [0.25, 0.3) is 0 Å². The molecule has 0 amide bonds. The fourth-order valence-electron chi connectivity index (χ4n) is 1.58. The summed E-state index contributed by atoms with van der Waals surface area (Å²) < 4.78 is 3.08. The molecular formula is C13H16Cl3NO3. The minimum atomic E-state index is -1.46. The largest absolute Gasteiger partial charge is 0.466 e. The van der Waals surface area contributed by atoms with E-state index in [-0.39, 0.29) is 0 Å². The summed E-state index contributed by atoms with van der Waals surface area (Å²) in [6.07, 6.45) is 4.44. The minimum absolute atomic E-state index is 0.498. The van der Waals surface area contributed by atoms with Crippen molar-refractivity contribution in [3.8, 4) is 0 Å². The molecule has 20 heavy (non-hydrogen) atoms. The molecule has 0 aromatic rings. The SMILES string of the molecule is COC(=O)C(C)ON=C1C=CC(C)(C(Cl)(Cl)Cl)C=C1C. The molecule has 2 unspecified atom stereocenters. The topological polar surface area (TPSA) is 47.9 Å². The summed E-state index contributed by atoms with van der Waals surface area (Å²) >= 11 is 17.9. The molecule has 1 aliphatic rings. The van der Waals surface area contributed by atoms with Crippen molar-refractivity contribution >= 4 is 46.5 Å². The number of allylic oxidation sites excluding steroid dienone is 4. The number of rotatable bonds is 3. The van der Waals surface area contributed by atoms with E-state index in [0.717, 1.165) is 5.57 Å². The first-order valence-corrected chi connectivity index (χ1v) is 7.01. The summed E-state index contributed by atoms with van der Waals surface area (Å²) in [4.78, 5) is 16.3. The third kappa shape index (κ3) is 3.90. The van der Waals surface area contributed by atoms with E-state index in [1.165, 1.54) is 7.11 Å². The Hall–Kier alpha value is -0.710. The van der Waals surface area contributed by atoms with Crippen LogP contribution in [0.3, 0.4) is 0 Å². The van der Waals surface area contributed by atoms with Gasteiger partial charge in [-0.15, -0.1) is 0 Å². The van der Waals surface area contributed by atoms with Crippen LogP contribution in [-0.2, 0) is 14.4 Å². The maximum absolute atomic E-state index is 11.2. The smallest absolute Gasteiger partial charge is 0.349 e. The zero-order chi connectivity index (χ0) is 15.6. The summed E-state index contributed by atoms with van der Waals surface area (Å²) in [6.45, 7) is 5.17. The Labute approximate surface area is 133 Å². The molecule has 0 bridgehead atoms. The molecule has 0 fully saturated rings. The highest BCUT2D eigenvalue weighted by molar-refractivity contribution is 6.68. The average molecular weight is 341 g/mol. The lowest BCUT2D eigenvalue weighted by Crippen LogP contribution is -2.31. The van der Waals surface area contributed by atoms with Crippen LogP contribution < -0.4 is 0 Å². The van der Waals surface area contributed by atoms with E-state index >= 15 is 0 Å². The lowest BCUT2D eigenvalue weighted by atomic mass is 9.84. The van der Waals surface area contributed by atoms with E-state index in [0.29, 0.717) is 5.71 Å². The molecule has 0 N–H and O–H groups in total. The van der Waals surface area contributed by atoms with Gasteiger partial charge in [-0.25, -0.2) is 4.79 Å². The van der Waals surface area contributed by atoms with Crippen LogP contribution in [0.1, 0.15) is 20.8 Å². The van der Waals surface area contributed by atoms with Crippen molar-refractivity contribution in [3.63, 3.8) is 0 Å². The van der Waals surface area contributed by atoms with E-state index < -0.39 is 21.3 Å². The first-order valence-electron chi connectivity index (χ1n) is 5.88. The molecule has 0 saturated carbocycles. The van der Waals surface area contributed by atoms with Gasteiger partial charge in [-0.1, -0.05) is 52.1 Å². The Kier molecular flexibility index (Phi) is 5.53. The lowest BCUT2D eigenvalue weighted by molar-refractivity contribution is -0.152. The van der Waals surface area contributed by atoms with Crippen LogP contribution in [0.5, 0.6) is 0 Å². The monoisotopic (exact) mass is 339 g/mol. The molecule has 0 spiro atoms. The van der Waals surface area contributed by atoms with Gasteiger partial charge in [0.2, 0.25) is 9.90 Å². The van der Waals surface area contributed by atoms with Crippen LogP contribution in [0.15, 0.2) is 29.0 Å². The van der Waals surface area contributed by atoms with Crippen LogP contribution in [0.4, 0.5) is 0 Å². The van der Waals surface area contributed by atoms with Crippen molar-refractivity contribution < 1.29 is 14.4 Å². The second-order valence-electron chi connectivity index (χ2n) is 4.69. The Morgan fingerprint density at radius 1 is 1.45 bits per heavy atom. The summed E-state index contributed by atoms with van der Waals surface area (Å²) in [6, 6.07) is 0. The zero-order valence-corrected chi connectivity index (χ0v) is 13.9. The summed E-state index contributed by atoms with van der Waals surface area (Å²) in [5, 5.41) is 3.91. The third-order valence-corrected chi connectivity index (χ3v) is 4.18. The normalized spacial score (nSPS) is 26.1.